The molecule has 4 nitrogen and oxygen atoms in total. The molecule has 132 valence electrons. The van der Waals surface area contributed by atoms with Gasteiger partial charge in [0.2, 0.25) is 0 Å². The topological polar surface area (TPSA) is 55.1 Å². The Morgan fingerprint density at radius 2 is 1.69 bits per heavy atom. The lowest BCUT2D eigenvalue weighted by atomic mass is 9.95. The maximum absolute atomic E-state index is 12.9. The minimum Gasteiger partial charge on any atom is -0.360 e. The van der Waals surface area contributed by atoms with E-state index in [0.717, 1.165) is 49.0 Å². The molecule has 1 aliphatic carbocycles. The summed E-state index contributed by atoms with van der Waals surface area (Å²) in [4.78, 5) is 12.9. The Bertz CT molecular complexity index is 872. The van der Waals surface area contributed by atoms with Crippen LogP contribution in [0.1, 0.15) is 51.8 Å². The highest BCUT2D eigenvalue weighted by Crippen LogP contribution is 2.25. The summed E-state index contributed by atoms with van der Waals surface area (Å²) in [6.07, 6.45) is 4.67. The smallest absolute Gasteiger partial charge is 0.274 e. The molecule has 0 bridgehead atoms. The van der Waals surface area contributed by atoms with E-state index in [0.29, 0.717) is 5.69 Å². The van der Waals surface area contributed by atoms with E-state index < -0.39 is 0 Å². The number of hydrogen-bond donors (Lipinski definition) is 1. The van der Waals surface area contributed by atoms with Gasteiger partial charge in [-0.25, -0.2) is 0 Å². The standard InChI is InChI=1S/C22H22N2O2/c25-22(21-18-13-7-8-14-20(18)26-24-21)23-19(17-11-5-2-6-12-17)15-16-9-3-1-4-10-16/h1-6,9-12,19H,7-8,13-15H2,(H,23,25)/t19-/m0/s1. The molecule has 1 amide bonds. The van der Waals surface area contributed by atoms with E-state index in [1.165, 1.54) is 5.56 Å². The first-order valence-corrected chi connectivity index (χ1v) is 9.18. The summed E-state index contributed by atoms with van der Waals surface area (Å²) in [6, 6.07) is 20.2. The Morgan fingerprint density at radius 3 is 2.46 bits per heavy atom. The summed E-state index contributed by atoms with van der Waals surface area (Å²) in [5.74, 6) is 0.724. The summed E-state index contributed by atoms with van der Waals surface area (Å²) in [5, 5.41) is 7.24. The molecule has 0 radical (unpaired) electrons. The third kappa shape index (κ3) is 3.54. The second kappa shape index (κ2) is 7.56. The Labute approximate surface area is 153 Å². The van der Waals surface area contributed by atoms with Gasteiger partial charge >= 0.3 is 0 Å². The summed E-state index contributed by atoms with van der Waals surface area (Å²) in [5.41, 5.74) is 3.71. The predicted molar refractivity (Wildman–Crippen MR) is 99.9 cm³/mol. The van der Waals surface area contributed by atoms with E-state index in [1.54, 1.807) is 0 Å². The fourth-order valence-electron chi connectivity index (χ4n) is 3.58. The van der Waals surface area contributed by atoms with Gasteiger partial charge in [-0.1, -0.05) is 65.8 Å². The van der Waals surface area contributed by atoms with E-state index in [2.05, 4.69) is 22.6 Å². The van der Waals surface area contributed by atoms with Crippen molar-refractivity contribution in [1.29, 1.82) is 0 Å². The zero-order chi connectivity index (χ0) is 17.8. The first-order chi connectivity index (χ1) is 12.8. The van der Waals surface area contributed by atoms with E-state index in [9.17, 15) is 4.79 Å². The number of nitrogens with zero attached hydrogens (tertiary/aromatic N) is 1. The van der Waals surface area contributed by atoms with E-state index >= 15 is 0 Å². The zero-order valence-corrected chi connectivity index (χ0v) is 14.7. The predicted octanol–water partition coefficient (Wildman–Crippen LogP) is 4.27. The largest absolute Gasteiger partial charge is 0.360 e. The van der Waals surface area contributed by atoms with Gasteiger partial charge in [-0.2, -0.15) is 0 Å². The molecule has 1 aliphatic rings. The average molecular weight is 346 g/mol. The number of fused-ring (bicyclic) bond motifs is 1. The summed E-state index contributed by atoms with van der Waals surface area (Å²) >= 11 is 0. The van der Waals surface area contributed by atoms with Gasteiger partial charge in [-0.15, -0.1) is 0 Å². The fraction of sp³-hybridized carbons (Fsp3) is 0.273. The molecule has 26 heavy (non-hydrogen) atoms. The molecule has 0 spiro atoms. The highest BCUT2D eigenvalue weighted by Gasteiger charge is 2.26. The van der Waals surface area contributed by atoms with Crippen molar-refractivity contribution in [2.45, 2.75) is 38.1 Å². The van der Waals surface area contributed by atoms with Gasteiger partial charge in [0, 0.05) is 12.0 Å². The van der Waals surface area contributed by atoms with Gasteiger partial charge in [-0.05, 0) is 36.8 Å². The second-order valence-corrected chi connectivity index (χ2v) is 6.77. The van der Waals surface area contributed by atoms with Crippen LogP contribution in [0.3, 0.4) is 0 Å². The van der Waals surface area contributed by atoms with Crippen LogP contribution in [0, 0.1) is 0 Å². The molecule has 1 aromatic heterocycles. The molecule has 3 aromatic rings. The molecule has 2 aromatic carbocycles. The van der Waals surface area contributed by atoms with Crippen molar-refractivity contribution < 1.29 is 9.32 Å². The number of nitrogens with one attached hydrogen (secondary N) is 1. The number of aryl methyl sites for hydroxylation is 1. The van der Waals surface area contributed by atoms with Crippen molar-refractivity contribution in [2.24, 2.45) is 0 Å². The Morgan fingerprint density at radius 1 is 1.00 bits per heavy atom. The van der Waals surface area contributed by atoms with Crippen molar-refractivity contribution in [2.75, 3.05) is 0 Å². The molecule has 0 unspecified atom stereocenters. The third-order valence-corrected chi connectivity index (χ3v) is 4.96. The maximum Gasteiger partial charge on any atom is 0.274 e. The van der Waals surface area contributed by atoms with Crippen LogP contribution in [0.5, 0.6) is 0 Å². The highest BCUT2D eigenvalue weighted by molar-refractivity contribution is 5.94. The number of carbonyl (C=O) groups is 1. The first-order valence-electron chi connectivity index (χ1n) is 9.18. The van der Waals surface area contributed by atoms with Gasteiger partial charge < -0.3 is 9.84 Å². The van der Waals surface area contributed by atoms with E-state index in [-0.39, 0.29) is 11.9 Å². The average Bonchev–Trinajstić information content (AvgIpc) is 3.13. The van der Waals surface area contributed by atoms with Crippen molar-refractivity contribution in [3.05, 3.63) is 88.8 Å². The maximum atomic E-state index is 12.9. The number of rotatable bonds is 5. The van der Waals surface area contributed by atoms with Crippen LogP contribution in [-0.4, -0.2) is 11.1 Å². The lowest BCUT2D eigenvalue weighted by molar-refractivity contribution is 0.0926. The minimum absolute atomic E-state index is 0.109. The number of amides is 1. The van der Waals surface area contributed by atoms with Crippen LogP contribution in [-0.2, 0) is 19.3 Å². The van der Waals surface area contributed by atoms with E-state index in [4.69, 9.17) is 4.52 Å². The number of carbonyl (C=O) groups excluding carboxylic acids is 1. The molecular weight excluding hydrogens is 324 g/mol. The molecule has 0 aliphatic heterocycles. The lowest BCUT2D eigenvalue weighted by Crippen LogP contribution is -2.31. The van der Waals surface area contributed by atoms with Crippen LogP contribution in [0.25, 0.3) is 0 Å². The van der Waals surface area contributed by atoms with Gasteiger partial charge in [0.25, 0.3) is 5.91 Å². The molecular formula is C22H22N2O2. The highest BCUT2D eigenvalue weighted by atomic mass is 16.5. The SMILES string of the molecule is O=C(N[C@@H](Cc1ccccc1)c1ccccc1)c1noc2c1CCCC2. The lowest BCUT2D eigenvalue weighted by Gasteiger charge is -2.19. The molecule has 0 saturated carbocycles. The fourth-order valence-corrected chi connectivity index (χ4v) is 3.58. The van der Waals surface area contributed by atoms with Gasteiger partial charge in [0.05, 0.1) is 6.04 Å². The van der Waals surface area contributed by atoms with Crippen LogP contribution in [0.15, 0.2) is 65.2 Å². The molecule has 1 heterocycles. The molecule has 0 fully saturated rings. The van der Waals surface area contributed by atoms with Crippen molar-refractivity contribution in [3.63, 3.8) is 0 Å². The summed E-state index contributed by atoms with van der Waals surface area (Å²) in [6.45, 7) is 0. The Kier molecular flexibility index (Phi) is 4.82. The monoisotopic (exact) mass is 346 g/mol. The Hall–Kier alpha value is -2.88. The normalized spacial score (nSPS) is 14.5. The van der Waals surface area contributed by atoms with Crippen molar-refractivity contribution >= 4 is 5.91 Å². The number of aromatic nitrogens is 1. The van der Waals surface area contributed by atoms with Crippen LogP contribution < -0.4 is 5.32 Å². The van der Waals surface area contributed by atoms with Gasteiger partial charge in [0.1, 0.15) is 5.76 Å². The molecule has 0 saturated heterocycles. The molecule has 1 N–H and O–H groups in total. The second-order valence-electron chi connectivity index (χ2n) is 6.77. The number of hydrogen-bond acceptors (Lipinski definition) is 3. The molecule has 4 rings (SSSR count). The third-order valence-electron chi connectivity index (χ3n) is 4.96. The quantitative estimate of drug-likeness (QED) is 0.751. The van der Waals surface area contributed by atoms with Crippen molar-refractivity contribution in [1.82, 2.24) is 10.5 Å². The molecule has 1 atom stereocenters. The van der Waals surface area contributed by atoms with Gasteiger partial charge in [-0.3, -0.25) is 4.79 Å². The van der Waals surface area contributed by atoms with Crippen molar-refractivity contribution in [3.8, 4) is 0 Å². The number of benzene rings is 2. The Balaban J connectivity index is 1.58. The van der Waals surface area contributed by atoms with E-state index in [1.807, 2.05) is 48.5 Å². The van der Waals surface area contributed by atoms with Gasteiger partial charge in [0.15, 0.2) is 5.69 Å². The zero-order valence-electron chi connectivity index (χ0n) is 14.7. The van der Waals surface area contributed by atoms with Crippen LogP contribution in [0.4, 0.5) is 0 Å². The van der Waals surface area contributed by atoms with Crippen LogP contribution >= 0.6 is 0 Å². The van der Waals surface area contributed by atoms with Crippen LogP contribution in [0.2, 0.25) is 0 Å². The summed E-state index contributed by atoms with van der Waals surface area (Å²) < 4.78 is 5.40. The summed E-state index contributed by atoms with van der Waals surface area (Å²) in [7, 11) is 0. The first kappa shape index (κ1) is 16.6. The molecule has 4 heteroatoms. The minimum atomic E-state index is -0.151.